The molecular weight excluding hydrogens is 499 g/mol. The van der Waals surface area contributed by atoms with Gasteiger partial charge in [0.15, 0.2) is 0 Å². The Morgan fingerprint density at radius 2 is 2.00 bits per heavy atom. The maximum absolute atomic E-state index is 13.4. The molecule has 0 bridgehead atoms. The zero-order chi connectivity index (χ0) is 26.4. The Morgan fingerprint density at radius 3 is 2.68 bits per heavy atom. The van der Waals surface area contributed by atoms with Gasteiger partial charge < -0.3 is 24.3 Å². The highest BCUT2D eigenvalue weighted by molar-refractivity contribution is 7.70. The second-order valence-corrected chi connectivity index (χ2v) is 21.4. The normalized spacial score (nSPS) is 16.8. The summed E-state index contributed by atoms with van der Waals surface area (Å²) in [6, 6.07) is 7.29. The van der Waals surface area contributed by atoms with Crippen molar-refractivity contribution >= 4 is 37.4 Å². The van der Waals surface area contributed by atoms with Gasteiger partial charge in [-0.25, -0.2) is 9.97 Å². The molecule has 2 aliphatic carbocycles. The SMILES string of the molecule is C[Si](C)(C)CCOCn1c2c(c3cccc(P(C)(C)=O)c31)-c1nc(NCC3(CO)CC3)ncc1CCC2. The van der Waals surface area contributed by atoms with Gasteiger partial charge in [-0.1, -0.05) is 31.8 Å². The summed E-state index contributed by atoms with van der Waals surface area (Å²) in [5.41, 5.74) is 5.44. The standard InChI is InChI=1S/C28H41N4O3PSi/c1-36(2,34)23-11-7-9-21-24-22(32(26(21)23)19-35-14-15-37(3,4)5)10-6-8-20-16-29-27(31-25(20)24)30-17-28(18-33)12-13-28/h7,9,11,16,33H,6,8,10,12-15,17-19H2,1-5H3,(H,29,30,31). The summed E-state index contributed by atoms with van der Waals surface area (Å²) < 4.78 is 22.0. The van der Waals surface area contributed by atoms with Crippen LogP contribution in [0.15, 0.2) is 24.4 Å². The number of nitrogens with one attached hydrogen (secondary N) is 1. The van der Waals surface area contributed by atoms with E-state index in [-0.39, 0.29) is 12.0 Å². The number of para-hydroxylation sites is 1. The fourth-order valence-electron chi connectivity index (χ4n) is 5.25. The van der Waals surface area contributed by atoms with Crippen LogP contribution in [0, 0.1) is 5.41 Å². The number of nitrogens with zero attached hydrogens (tertiary/aromatic N) is 3. The summed E-state index contributed by atoms with van der Waals surface area (Å²) in [6.45, 7) is 12.9. The molecule has 7 nitrogen and oxygen atoms in total. The Morgan fingerprint density at radius 1 is 1.22 bits per heavy atom. The zero-order valence-electron chi connectivity index (χ0n) is 22.9. The predicted octanol–water partition coefficient (Wildman–Crippen LogP) is 5.33. The Hall–Kier alpha value is -1.99. The monoisotopic (exact) mass is 540 g/mol. The van der Waals surface area contributed by atoms with Crippen molar-refractivity contribution in [2.75, 3.05) is 38.4 Å². The molecule has 5 rings (SSSR count). The fourth-order valence-corrected chi connectivity index (χ4v) is 7.20. The van der Waals surface area contributed by atoms with E-state index in [1.54, 1.807) is 0 Å². The molecule has 0 saturated heterocycles. The van der Waals surface area contributed by atoms with E-state index in [1.807, 2.05) is 31.7 Å². The van der Waals surface area contributed by atoms with Gasteiger partial charge >= 0.3 is 0 Å². The summed E-state index contributed by atoms with van der Waals surface area (Å²) in [5.74, 6) is 0.603. The average molecular weight is 541 g/mol. The molecule has 2 aliphatic rings. The van der Waals surface area contributed by atoms with E-state index in [9.17, 15) is 9.67 Å². The van der Waals surface area contributed by atoms with Crippen LogP contribution in [0.25, 0.3) is 22.2 Å². The maximum atomic E-state index is 13.4. The summed E-state index contributed by atoms with van der Waals surface area (Å²) >= 11 is 0. The first-order chi connectivity index (χ1) is 17.5. The quantitative estimate of drug-likeness (QED) is 0.205. The number of aryl methyl sites for hydroxylation is 1. The Kier molecular flexibility index (Phi) is 7.16. The molecule has 0 atom stereocenters. The van der Waals surface area contributed by atoms with E-state index in [0.717, 1.165) is 77.8 Å². The number of hydrogen-bond acceptors (Lipinski definition) is 6. The van der Waals surface area contributed by atoms with Gasteiger partial charge in [0.25, 0.3) is 0 Å². The van der Waals surface area contributed by atoms with Crippen molar-refractivity contribution in [1.82, 2.24) is 14.5 Å². The van der Waals surface area contributed by atoms with E-state index in [4.69, 9.17) is 9.72 Å². The molecule has 1 aromatic carbocycles. The lowest BCUT2D eigenvalue weighted by Crippen LogP contribution is -2.22. The van der Waals surface area contributed by atoms with E-state index in [0.29, 0.717) is 19.2 Å². The van der Waals surface area contributed by atoms with E-state index in [1.165, 1.54) is 5.69 Å². The third kappa shape index (κ3) is 5.58. The van der Waals surface area contributed by atoms with Crippen LogP contribution in [0.1, 0.15) is 30.5 Å². The molecule has 2 heterocycles. The second-order valence-electron chi connectivity index (χ2n) is 12.6. The molecule has 9 heteroatoms. The molecule has 0 unspecified atom stereocenters. The van der Waals surface area contributed by atoms with Crippen molar-refractivity contribution in [3.8, 4) is 11.3 Å². The third-order valence-electron chi connectivity index (χ3n) is 7.84. The number of fused-ring (bicyclic) bond motifs is 5. The summed E-state index contributed by atoms with van der Waals surface area (Å²) in [7, 11) is -3.73. The van der Waals surface area contributed by atoms with Gasteiger partial charge in [-0.2, -0.15) is 0 Å². The van der Waals surface area contributed by atoms with Crippen LogP contribution in [0.3, 0.4) is 0 Å². The van der Waals surface area contributed by atoms with Crippen LogP contribution in [-0.4, -0.2) is 60.8 Å². The molecule has 1 saturated carbocycles. The first-order valence-corrected chi connectivity index (χ1v) is 19.8. The number of ether oxygens (including phenoxy) is 1. The summed E-state index contributed by atoms with van der Waals surface area (Å²) in [4.78, 5) is 9.67. The first kappa shape index (κ1) is 26.6. The Bertz CT molecular complexity index is 1350. The van der Waals surface area contributed by atoms with Gasteiger partial charge in [0, 0.05) is 54.8 Å². The molecule has 2 N–H and O–H groups in total. The number of aliphatic hydroxyl groups excluding tert-OH is 1. The van der Waals surface area contributed by atoms with Crippen molar-refractivity contribution < 1.29 is 14.4 Å². The van der Waals surface area contributed by atoms with Crippen LogP contribution in [0.4, 0.5) is 5.95 Å². The topological polar surface area (TPSA) is 89.3 Å². The minimum Gasteiger partial charge on any atom is -0.396 e. The van der Waals surface area contributed by atoms with Crippen molar-refractivity contribution in [3.05, 3.63) is 35.7 Å². The number of benzene rings is 1. The maximum Gasteiger partial charge on any atom is 0.223 e. The number of anilines is 1. The van der Waals surface area contributed by atoms with E-state index in [2.05, 4.69) is 40.6 Å². The van der Waals surface area contributed by atoms with E-state index < -0.39 is 15.2 Å². The largest absolute Gasteiger partial charge is 0.396 e. The highest BCUT2D eigenvalue weighted by Gasteiger charge is 2.42. The van der Waals surface area contributed by atoms with Crippen molar-refractivity contribution in [2.45, 2.75) is 64.5 Å². The van der Waals surface area contributed by atoms with Gasteiger partial charge in [0.05, 0.1) is 17.8 Å². The first-order valence-electron chi connectivity index (χ1n) is 13.5. The second kappa shape index (κ2) is 9.95. The molecule has 200 valence electrons. The molecule has 0 radical (unpaired) electrons. The van der Waals surface area contributed by atoms with Crippen LogP contribution >= 0.6 is 7.14 Å². The van der Waals surface area contributed by atoms with Crippen LogP contribution in [0.5, 0.6) is 0 Å². The van der Waals surface area contributed by atoms with E-state index >= 15 is 0 Å². The lowest BCUT2D eigenvalue weighted by molar-refractivity contribution is 0.0886. The molecule has 37 heavy (non-hydrogen) atoms. The summed E-state index contributed by atoms with van der Waals surface area (Å²) in [6.07, 6.45) is 6.86. The highest BCUT2D eigenvalue weighted by atomic mass is 31.2. The molecular formula is C28H41N4O3PSi. The number of aliphatic hydroxyl groups is 1. The lowest BCUT2D eigenvalue weighted by atomic mass is 10.0. The Balaban J connectivity index is 1.60. The molecule has 0 spiro atoms. The smallest absolute Gasteiger partial charge is 0.223 e. The molecule has 0 amide bonds. The number of rotatable bonds is 10. The van der Waals surface area contributed by atoms with Crippen molar-refractivity contribution in [1.29, 1.82) is 0 Å². The number of aromatic nitrogens is 3. The molecule has 3 aromatic rings. The lowest BCUT2D eigenvalue weighted by Gasteiger charge is -2.18. The van der Waals surface area contributed by atoms with Gasteiger partial charge in [-0.05, 0) is 63.1 Å². The predicted molar refractivity (Wildman–Crippen MR) is 155 cm³/mol. The molecule has 1 fully saturated rings. The van der Waals surface area contributed by atoms with Crippen LogP contribution in [0.2, 0.25) is 25.7 Å². The van der Waals surface area contributed by atoms with Gasteiger partial charge in [-0.3, -0.25) is 0 Å². The van der Waals surface area contributed by atoms with Crippen molar-refractivity contribution in [3.63, 3.8) is 0 Å². The number of hydrogen-bond donors (Lipinski definition) is 2. The molecule has 0 aliphatic heterocycles. The van der Waals surface area contributed by atoms with Gasteiger partial charge in [0.2, 0.25) is 5.95 Å². The van der Waals surface area contributed by atoms with Gasteiger partial charge in [0.1, 0.15) is 13.9 Å². The van der Waals surface area contributed by atoms with Crippen molar-refractivity contribution in [2.24, 2.45) is 5.41 Å². The fraction of sp³-hybridized carbons (Fsp3) is 0.571. The third-order valence-corrected chi connectivity index (χ3v) is 11.1. The minimum absolute atomic E-state index is 0.0249. The van der Waals surface area contributed by atoms with Crippen LogP contribution in [-0.2, 0) is 28.9 Å². The highest BCUT2D eigenvalue weighted by Crippen LogP contribution is 2.46. The zero-order valence-corrected chi connectivity index (χ0v) is 24.8. The molecule has 2 aromatic heterocycles. The van der Waals surface area contributed by atoms with Crippen LogP contribution < -0.4 is 10.6 Å². The summed E-state index contributed by atoms with van der Waals surface area (Å²) in [5, 5.41) is 15.1. The minimum atomic E-state index is -2.53. The van der Waals surface area contributed by atoms with Gasteiger partial charge in [-0.15, -0.1) is 0 Å². The average Bonchev–Trinajstić information content (AvgIpc) is 3.59. The Labute approximate surface area is 221 Å².